The van der Waals surface area contributed by atoms with Crippen LogP contribution in [0.3, 0.4) is 0 Å². The standard InChI is InChI=1S/C11H12BrN3S/c1-7-2-3-10(13)11(15-7)14-5-9-4-8(12)6-16-9/h2-4,6H,5,13H2,1H3,(H,14,15). The van der Waals surface area contributed by atoms with Gasteiger partial charge < -0.3 is 11.1 Å². The van der Waals surface area contributed by atoms with E-state index in [1.54, 1.807) is 11.3 Å². The second-order valence-corrected chi connectivity index (χ2v) is 5.39. The number of pyridine rings is 1. The Morgan fingerprint density at radius 1 is 1.50 bits per heavy atom. The molecule has 84 valence electrons. The molecule has 5 heteroatoms. The quantitative estimate of drug-likeness (QED) is 0.913. The van der Waals surface area contributed by atoms with Gasteiger partial charge in [0.1, 0.15) is 5.82 Å². The Bertz CT molecular complexity index is 496. The molecule has 0 saturated carbocycles. The molecule has 0 aliphatic heterocycles. The molecule has 2 heterocycles. The Balaban J connectivity index is 2.07. The molecular weight excluding hydrogens is 286 g/mol. The highest BCUT2D eigenvalue weighted by Gasteiger charge is 2.02. The van der Waals surface area contributed by atoms with Crippen molar-refractivity contribution in [3.05, 3.63) is 38.6 Å². The van der Waals surface area contributed by atoms with Crippen molar-refractivity contribution in [2.75, 3.05) is 11.1 Å². The molecule has 0 saturated heterocycles. The topological polar surface area (TPSA) is 50.9 Å². The molecule has 0 spiro atoms. The van der Waals surface area contributed by atoms with E-state index in [4.69, 9.17) is 5.73 Å². The van der Waals surface area contributed by atoms with Gasteiger partial charge in [-0.25, -0.2) is 4.98 Å². The molecule has 0 fully saturated rings. The van der Waals surface area contributed by atoms with Crippen LogP contribution in [0.1, 0.15) is 10.6 Å². The molecule has 3 nitrogen and oxygen atoms in total. The minimum Gasteiger partial charge on any atom is -0.396 e. The van der Waals surface area contributed by atoms with E-state index in [1.165, 1.54) is 4.88 Å². The molecular formula is C11H12BrN3S. The highest BCUT2D eigenvalue weighted by Crippen LogP contribution is 2.22. The third kappa shape index (κ3) is 2.74. The first kappa shape index (κ1) is 11.4. The monoisotopic (exact) mass is 297 g/mol. The minimum atomic E-state index is 0.682. The summed E-state index contributed by atoms with van der Waals surface area (Å²) >= 11 is 5.13. The van der Waals surface area contributed by atoms with Crippen molar-refractivity contribution < 1.29 is 0 Å². The SMILES string of the molecule is Cc1ccc(N)c(NCc2cc(Br)cs2)n1. The molecule has 2 rings (SSSR count). The average molecular weight is 298 g/mol. The zero-order valence-corrected chi connectivity index (χ0v) is 11.2. The van der Waals surface area contributed by atoms with Crippen LogP contribution < -0.4 is 11.1 Å². The van der Waals surface area contributed by atoms with Crippen LogP contribution in [0, 0.1) is 6.92 Å². The third-order valence-electron chi connectivity index (χ3n) is 2.12. The van der Waals surface area contributed by atoms with Gasteiger partial charge in [0.15, 0.2) is 0 Å². The number of thiophene rings is 1. The number of nitrogen functional groups attached to an aromatic ring is 1. The number of nitrogens with zero attached hydrogens (tertiary/aromatic N) is 1. The van der Waals surface area contributed by atoms with Crippen molar-refractivity contribution in [3.63, 3.8) is 0 Å². The van der Waals surface area contributed by atoms with E-state index in [2.05, 4.69) is 37.7 Å². The number of nitrogens with one attached hydrogen (secondary N) is 1. The number of aryl methyl sites for hydroxylation is 1. The second kappa shape index (κ2) is 4.84. The van der Waals surface area contributed by atoms with Crippen LogP contribution in [0.2, 0.25) is 0 Å². The molecule has 0 radical (unpaired) electrons. The molecule has 3 N–H and O–H groups in total. The Morgan fingerprint density at radius 3 is 3.00 bits per heavy atom. The van der Waals surface area contributed by atoms with Crippen LogP contribution in [-0.2, 0) is 6.54 Å². The van der Waals surface area contributed by atoms with Crippen LogP contribution in [0.25, 0.3) is 0 Å². The normalized spacial score (nSPS) is 10.4. The van der Waals surface area contributed by atoms with Crippen LogP contribution in [0.5, 0.6) is 0 Å². The molecule has 16 heavy (non-hydrogen) atoms. The number of nitrogens with two attached hydrogens (primary N) is 1. The van der Waals surface area contributed by atoms with Gasteiger partial charge in [0, 0.05) is 20.4 Å². The highest BCUT2D eigenvalue weighted by molar-refractivity contribution is 9.10. The summed E-state index contributed by atoms with van der Waals surface area (Å²) in [4.78, 5) is 5.60. The first-order valence-electron chi connectivity index (χ1n) is 4.85. The zero-order valence-electron chi connectivity index (χ0n) is 8.83. The minimum absolute atomic E-state index is 0.682. The Labute approximate surface area is 107 Å². The highest BCUT2D eigenvalue weighted by atomic mass is 79.9. The van der Waals surface area contributed by atoms with E-state index in [-0.39, 0.29) is 0 Å². The van der Waals surface area contributed by atoms with E-state index >= 15 is 0 Å². The van der Waals surface area contributed by atoms with Crippen molar-refractivity contribution in [2.24, 2.45) is 0 Å². The smallest absolute Gasteiger partial charge is 0.149 e. The second-order valence-electron chi connectivity index (χ2n) is 3.48. The molecule has 0 aromatic carbocycles. The maximum absolute atomic E-state index is 5.83. The summed E-state index contributed by atoms with van der Waals surface area (Å²) in [5.74, 6) is 0.754. The maximum atomic E-state index is 5.83. The van der Waals surface area contributed by atoms with Crippen molar-refractivity contribution in [3.8, 4) is 0 Å². The number of hydrogen-bond acceptors (Lipinski definition) is 4. The van der Waals surface area contributed by atoms with Gasteiger partial charge in [-0.3, -0.25) is 0 Å². The number of anilines is 2. The molecule has 0 aliphatic rings. The van der Waals surface area contributed by atoms with E-state index in [1.807, 2.05) is 19.1 Å². The molecule has 0 atom stereocenters. The molecule has 0 unspecified atom stereocenters. The lowest BCUT2D eigenvalue weighted by Gasteiger charge is -2.07. The van der Waals surface area contributed by atoms with Gasteiger partial charge in [-0.1, -0.05) is 0 Å². The molecule has 0 bridgehead atoms. The Morgan fingerprint density at radius 2 is 2.31 bits per heavy atom. The molecule has 2 aromatic rings. The van der Waals surface area contributed by atoms with Gasteiger partial charge in [0.05, 0.1) is 12.2 Å². The van der Waals surface area contributed by atoms with Gasteiger partial charge in [-0.2, -0.15) is 0 Å². The first-order chi connectivity index (χ1) is 7.65. The predicted molar refractivity (Wildman–Crippen MR) is 72.7 cm³/mol. The largest absolute Gasteiger partial charge is 0.396 e. The number of halogens is 1. The van der Waals surface area contributed by atoms with E-state index in [9.17, 15) is 0 Å². The fraction of sp³-hybridized carbons (Fsp3) is 0.182. The summed E-state index contributed by atoms with van der Waals surface area (Å²) in [6.45, 7) is 2.70. The summed E-state index contributed by atoms with van der Waals surface area (Å²) in [5.41, 5.74) is 7.47. The van der Waals surface area contributed by atoms with Gasteiger partial charge in [0.2, 0.25) is 0 Å². The lowest BCUT2D eigenvalue weighted by Crippen LogP contribution is -2.04. The lowest BCUT2D eigenvalue weighted by atomic mass is 10.3. The van der Waals surface area contributed by atoms with Crippen molar-refractivity contribution in [1.82, 2.24) is 4.98 Å². The predicted octanol–water partition coefficient (Wildman–Crippen LogP) is 3.41. The Hall–Kier alpha value is -1.07. The van der Waals surface area contributed by atoms with Crippen molar-refractivity contribution in [2.45, 2.75) is 13.5 Å². The molecule has 0 aliphatic carbocycles. The van der Waals surface area contributed by atoms with Crippen LogP contribution in [0.15, 0.2) is 28.1 Å². The van der Waals surface area contributed by atoms with Crippen LogP contribution in [-0.4, -0.2) is 4.98 Å². The summed E-state index contributed by atoms with van der Waals surface area (Å²) < 4.78 is 1.11. The number of hydrogen-bond donors (Lipinski definition) is 2. The summed E-state index contributed by atoms with van der Waals surface area (Å²) in [5, 5.41) is 5.30. The summed E-state index contributed by atoms with van der Waals surface area (Å²) in [7, 11) is 0. The third-order valence-corrected chi connectivity index (χ3v) is 3.82. The zero-order chi connectivity index (χ0) is 11.5. The fourth-order valence-corrected chi connectivity index (χ4v) is 2.72. The van der Waals surface area contributed by atoms with Crippen molar-refractivity contribution >= 4 is 38.8 Å². The molecule has 2 aromatic heterocycles. The van der Waals surface area contributed by atoms with E-state index < -0.39 is 0 Å². The number of aromatic nitrogens is 1. The average Bonchev–Trinajstić information content (AvgIpc) is 2.66. The maximum Gasteiger partial charge on any atom is 0.149 e. The van der Waals surface area contributed by atoms with Gasteiger partial charge in [-0.15, -0.1) is 11.3 Å². The first-order valence-corrected chi connectivity index (χ1v) is 6.52. The Kier molecular flexibility index (Phi) is 3.46. The lowest BCUT2D eigenvalue weighted by molar-refractivity contribution is 1.11. The van der Waals surface area contributed by atoms with Gasteiger partial charge in [0.25, 0.3) is 0 Å². The van der Waals surface area contributed by atoms with Crippen LogP contribution in [0.4, 0.5) is 11.5 Å². The van der Waals surface area contributed by atoms with Crippen molar-refractivity contribution in [1.29, 1.82) is 0 Å². The van der Waals surface area contributed by atoms with Gasteiger partial charge >= 0.3 is 0 Å². The van der Waals surface area contributed by atoms with E-state index in [0.717, 1.165) is 22.5 Å². The summed E-state index contributed by atoms with van der Waals surface area (Å²) in [6, 6.07) is 5.86. The molecule has 0 amide bonds. The van der Waals surface area contributed by atoms with Crippen LogP contribution >= 0.6 is 27.3 Å². The number of rotatable bonds is 3. The van der Waals surface area contributed by atoms with Gasteiger partial charge in [-0.05, 0) is 41.1 Å². The van der Waals surface area contributed by atoms with E-state index in [0.29, 0.717) is 5.69 Å². The summed E-state index contributed by atoms with van der Waals surface area (Å²) in [6.07, 6.45) is 0. The fourth-order valence-electron chi connectivity index (χ4n) is 1.33.